The second-order valence-corrected chi connectivity index (χ2v) is 3.21. The van der Waals surface area contributed by atoms with Crippen LogP contribution in [0.1, 0.15) is 26.2 Å². The standard InChI is InChI=1S/C10H22N2O2.ClH/c1-3-4-8-14-9-10(13)12-7-5-6-11-2;/h11H,3-9H2,1-2H3,(H,12,13);1H. The lowest BCUT2D eigenvalue weighted by molar-refractivity contribution is -0.125. The average Bonchev–Trinajstić information content (AvgIpc) is 2.19. The van der Waals surface area contributed by atoms with Crippen LogP contribution in [0.15, 0.2) is 0 Å². The van der Waals surface area contributed by atoms with Gasteiger partial charge in [0.2, 0.25) is 5.91 Å². The highest BCUT2D eigenvalue weighted by Gasteiger charge is 1.99. The Morgan fingerprint density at radius 2 is 2.00 bits per heavy atom. The van der Waals surface area contributed by atoms with Crippen LogP contribution in [-0.2, 0) is 9.53 Å². The molecule has 0 radical (unpaired) electrons. The Hall–Kier alpha value is -0.320. The molecule has 0 heterocycles. The summed E-state index contributed by atoms with van der Waals surface area (Å²) in [7, 11) is 1.90. The molecule has 0 atom stereocenters. The molecule has 0 fully saturated rings. The molecule has 0 aromatic carbocycles. The van der Waals surface area contributed by atoms with Crippen molar-refractivity contribution in [2.24, 2.45) is 0 Å². The second kappa shape index (κ2) is 13.7. The number of carbonyl (C=O) groups excluding carboxylic acids is 1. The summed E-state index contributed by atoms with van der Waals surface area (Å²) < 4.78 is 5.17. The molecule has 4 nitrogen and oxygen atoms in total. The SMILES string of the molecule is CCCCOCC(=O)NCCCNC.Cl. The summed E-state index contributed by atoms with van der Waals surface area (Å²) >= 11 is 0. The first-order chi connectivity index (χ1) is 6.81. The van der Waals surface area contributed by atoms with E-state index in [0.29, 0.717) is 6.61 Å². The Balaban J connectivity index is 0. The number of amides is 1. The molecule has 0 spiro atoms. The number of hydrogen-bond donors (Lipinski definition) is 2. The van der Waals surface area contributed by atoms with Crippen LogP contribution in [0.4, 0.5) is 0 Å². The van der Waals surface area contributed by atoms with Crippen LogP contribution < -0.4 is 10.6 Å². The fourth-order valence-corrected chi connectivity index (χ4v) is 0.955. The number of carbonyl (C=O) groups is 1. The molecular weight excluding hydrogens is 216 g/mol. The minimum atomic E-state index is -0.0165. The van der Waals surface area contributed by atoms with Gasteiger partial charge < -0.3 is 15.4 Å². The first-order valence-electron chi connectivity index (χ1n) is 5.30. The lowest BCUT2D eigenvalue weighted by Crippen LogP contribution is -2.30. The molecule has 0 aliphatic heterocycles. The van der Waals surface area contributed by atoms with Gasteiger partial charge in [-0.05, 0) is 26.4 Å². The van der Waals surface area contributed by atoms with Gasteiger partial charge in [-0.25, -0.2) is 0 Å². The fraction of sp³-hybridized carbons (Fsp3) is 0.900. The van der Waals surface area contributed by atoms with E-state index >= 15 is 0 Å². The molecule has 2 N–H and O–H groups in total. The second-order valence-electron chi connectivity index (χ2n) is 3.21. The van der Waals surface area contributed by atoms with Gasteiger partial charge in [0.25, 0.3) is 0 Å². The van der Waals surface area contributed by atoms with Crippen molar-refractivity contribution in [3.63, 3.8) is 0 Å². The van der Waals surface area contributed by atoms with E-state index in [0.717, 1.165) is 32.4 Å². The Labute approximate surface area is 98.6 Å². The molecular formula is C10H23ClN2O2. The normalized spacial score (nSPS) is 9.47. The van der Waals surface area contributed by atoms with Crippen LogP contribution in [0, 0.1) is 0 Å². The number of halogens is 1. The quantitative estimate of drug-likeness (QED) is 0.588. The number of nitrogens with one attached hydrogen (secondary N) is 2. The van der Waals surface area contributed by atoms with Gasteiger partial charge in [0.1, 0.15) is 6.61 Å². The van der Waals surface area contributed by atoms with E-state index in [1.165, 1.54) is 0 Å². The van der Waals surface area contributed by atoms with Crippen molar-refractivity contribution in [2.45, 2.75) is 26.2 Å². The summed E-state index contributed by atoms with van der Waals surface area (Å²) in [6, 6.07) is 0. The van der Waals surface area contributed by atoms with Crippen molar-refractivity contribution in [1.82, 2.24) is 10.6 Å². The summed E-state index contributed by atoms with van der Waals surface area (Å²) in [4.78, 5) is 11.1. The van der Waals surface area contributed by atoms with Gasteiger partial charge in [-0.3, -0.25) is 4.79 Å². The number of unbranched alkanes of at least 4 members (excludes halogenated alkanes) is 1. The lowest BCUT2D eigenvalue weighted by Gasteiger charge is -2.05. The molecule has 0 unspecified atom stereocenters. The number of hydrogen-bond acceptors (Lipinski definition) is 3. The third-order valence-electron chi connectivity index (χ3n) is 1.80. The maximum Gasteiger partial charge on any atom is 0.245 e. The summed E-state index contributed by atoms with van der Waals surface area (Å²) in [6.07, 6.45) is 3.08. The van der Waals surface area contributed by atoms with Crippen LogP contribution in [0.2, 0.25) is 0 Å². The smallest absolute Gasteiger partial charge is 0.245 e. The Bertz CT molecular complexity index is 131. The van der Waals surface area contributed by atoms with Gasteiger partial charge >= 0.3 is 0 Å². The predicted octanol–water partition coefficient (Wildman–Crippen LogP) is 0.951. The van der Waals surface area contributed by atoms with Crippen molar-refractivity contribution in [3.05, 3.63) is 0 Å². The fourth-order valence-electron chi connectivity index (χ4n) is 0.955. The van der Waals surface area contributed by atoms with E-state index in [9.17, 15) is 4.79 Å². The van der Waals surface area contributed by atoms with Crippen LogP contribution in [-0.4, -0.2) is 39.3 Å². The zero-order chi connectivity index (χ0) is 10.6. The van der Waals surface area contributed by atoms with Gasteiger partial charge in [-0.15, -0.1) is 12.4 Å². The van der Waals surface area contributed by atoms with Gasteiger partial charge in [0.05, 0.1) is 0 Å². The highest BCUT2D eigenvalue weighted by atomic mass is 35.5. The predicted molar refractivity (Wildman–Crippen MR) is 64.5 cm³/mol. The zero-order valence-corrected chi connectivity index (χ0v) is 10.5. The average molecular weight is 239 g/mol. The summed E-state index contributed by atoms with van der Waals surface area (Å²) in [6.45, 7) is 4.62. The molecule has 0 aromatic rings. The highest BCUT2D eigenvalue weighted by Crippen LogP contribution is 1.87. The van der Waals surface area contributed by atoms with E-state index in [1.807, 2.05) is 7.05 Å². The zero-order valence-electron chi connectivity index (χ0n) is 9.67. The van der Waals surface area contributed by atoms with Crippen LogP contribution >= 0.6 is 12.4 Å². The third kappa shape index (κ3) is 13.7. The Kier molecular flexibility index (Phi) is 15.6. The lowest BCUT2D eigenvalue weighted by atomic mass is 10.4. The molecule has 0 aromatic heterocycles. The van der Waals surface area contributed by atoms with Crippen molar-refractivity contribution in [1.29, 1.82) is 0 Å². The minimum Gasteiger partial charge on any atom is -0.372 e. The summed E-state index contributed by atoms with van der Waals surface area (Å²) in [5.74, 6) is -0.0165. The molecule has 15 heavy (non-hydrogen) atoms. The van der Waals surface area contributed by atoms with Crippen molar-refractivity contribution >= 4 is 18.3 Å². The Morgan fingerprint density at radius 3 is 2.60 bits per heavy atom. The molecule has 92 valence electrons. The monoisotopic (exact) mass is 238 g/mol. The van der Waals surface area contributed by atoms with Crippen LogP contribution in [0.25, 0.3) is 0 Å². The van der Waals surface area contributed by atoms with E-state index in [1.54, 1.807) is 0 Å². The first-order valence-corrected chi connectivity index (χ1v) is 5.30. The maximum absolute atomic E-state index is 11.1. The first kappa shape index (κ1) is 17.1. The van der Waals surface area contributed by atoms with Crippen LogP contribution in [0.5, 0.6) is 0 Å². The van der Waals surface area contributed by atoms with Crippen molar-refractivity contribution < 1.29 is 9.53 Å². The Morgan fingerprint density at radius 1 is 1.27 bits per heavy atom. The van der Waals surface area contributed by atoms with Crippen molar-refractivity contribution in [2.75, 3.05) is 33.4 Å². The van der Waals surface area contributed by atoms with Crippen molar-refractivity contribution in [3.8, 4) is 0 Å². The summed E-state index contributed by atoms with van der Waals surface area (Å²) in [5.41, 5.74) is 0. The maximum atomic E-state index is 11.1. The third-order valence-corrected chi connectivity index (χ3v) is 1.80. The molecule has 1 amide bonds. The van der Waals surface area contributed by atoms with E-state index in [4.69, 9.17) is 4.74 Å². The van der Waals surface area contributed by atoms with Crippen LogP contribution in [0.3, 0.4) is 0 Å². The molecule has 0 bridgehead atoms. The summed E-state index contributed by atoms with van der Waals surface area (Å²) in [5, 5.41) is 5.81. The van der Waals surface area contributed by atoms with Gasteiger partial charge in [-0.1, -0.05) is 13.3 Å². The molecule has 0 saturated carbocycles. The van der Waals surface area contributed by atoms with Gasteiger partial charge in [0.15, 0.2) is 0 Å². The molecule has 0 aliphatic rings. The molecule has 5 heteroatoms. The topological polar surface area (TPSA) is 50.4 Å². The van der Waals surface area contributed by atoms with E-state index in [-0.39, 0.29) is 24.9 Å². The number of rotatable bonds is 9. The molecule has 0 aliphatic carbocycles. The molecule has 0 saturated heterocycles. The number of ether oxygens (including phenoxy) is 1. The molecule has 0 rings (SSSR count). The largest absolute Gasteiger partial charge is 0.372 e. The van der Waals surface area contributed by atoms with E-state index < -0.39 is 0 Å². The highest BCUT2D eigenvalue weighted by molar-refractivity contribution is 5.85. The van der Waals surface area contributed by atoms with Gasteiger partial charge in [-0.2, -0.15) is 0 Å². The minimum absolute atomic E-state index is 0. The van der Waals surface area contributed by atoms with Gasteiger partial charge in [0, 0.05) is 13.2 Å². The van der Waals surface area contributed by atoms with E-state index in [2.05, 4.69) is 17.6 Å².